The maximum atomic E-state index is 10.7. The van der Waals surface area contributed by atoms with Crippen molar-refractivity contribution in [2.24, 2.45) is 0 Å². The van der Waals surface area contributed by atoms with Crippen LogP contribution in [0.4, 0.5) is 13.2 Å². The maximum Gasteiger partial charge on any atom is 0.485 e. The minimum atomic E-state index is -6.09. The maximum absolute atomic E-state index is 10.7. The first-order chi connectivity index (χ1) is 8.58. The van der Waals surface area contributed by atoms with Crippen LogP contribution in [0.2, 0.25) is 0 Å². The number of nitrogens with zero attached hydrogens (tertiary/aromatic N) is 1. The van der Waals surface area contributed by atoms with E-state index in [1.807, 2.05) is 0 Å². The van der Waals surface area contributed by atoms with E-state index in [2.05, 4.69) is 13.8 Å². The quantitative estimate of drug-likeness (QED) is 0.457. The van der Waals surface area contributed by atoms with Crippen molar-refractivity contribution in [1.29, 1.82) is 0 Å². The van der Waals surface area contributed by atoms with Gasteiger partial charge in [0.25, 0.3) is 0 Å². The Morgan fingerprint density at radius 3 is 1.79 bits per heavy atom. The first-order valence-electron chi connectivity index (χ1n) is 6.45. The van der Waals surface area contributed by atoms with Crippen LogP contribution in [0.1, 0.15) is 39.5 Å². The SMILES string of the molecule is CCC[N+]1(CC)CCCCC1.O=S(=O)([O-])C(F)(F)F. The van der Waals surface area contributed by atoms with Crippen LogP contribution in [0.3, 0.4) is 0 Å². The number of alkyl halides is 3. The second-order valence-corrected chi connectivity index (χ2v) is 6.16. The van der Waals surface area contributed by atoms with E-state index >= 15 is 0 Å². The molecule has 4 nitrogen and oxygen atoms in total. The van der Waals surface area contributed by atoms with E-state index in [9.17, 15) is 13.2 Å². The van der Waals surface area contributed by atoms with E-state index in [-0.39, 0.29) is 0 Å². The van der Waals surface area contributed by atoms with E-state index in [0.717, 1.165) is 0 Å². The Labute approximate surface area is 112 Å². The number of hydrogen-bond donors (Lipinski definition) is 0. The van der Waals surface area contributed by atoms with Gasteiger partial charge in [0.15, 0.2) is 10.1 Å². The second-order valence-electron chi connectivity index (χ2n) is 4.79. The summed E-state index contributed by atoms with van der Waals surface area (Å²) >= 11 is 0. The average Bonchev–Trinajstić information content (AvgIpc) is 2.29. The minimum absolute atomic E-state index is 1.36. The average molecular weight is 305 g/mol. The summed E-state index contributed by atoms with van der Waals surface area (Å²) in [6, 6.07) is 0. The molecule has 0 spiro atoms. The summed E-state index contributed by atoms with van der Waals surface area (Å²) in [5, 5.41) is 0. The van der Waals surface area contributed by atoms with Crippen LogP contribution in [0.25, 0.3) is 0 Å². The molecule has 8 heteroatoms. The van der Waals surface area contributed by atoms with Crippen LogP contribution < -0.4 is 0 Å². The first-order valence-corrected chi connectivity index (χ1v) is 7.86. The summed E-state index contributed by atoms with van der Waals surface area (Å²) in [4.78, 5) is 0. The van der Waals surface area contributed by atoms with Crippen molar-refractivity contribution in [2.75, 3.05) is 26.2 Å². The lowest BCUT2D eigenvalue weighted by atomic mass is 10.1. The minimum Gasteiger partial charge on any atom is -0.741 e. The van der Waals surface area contributed by atoms with E-state index < -0.39 is 15.6 Å². The highest BCUT2D eigenvalue weighted by Gasteiger charge is 2.36. The zero-order valence-electron chi connectivity index (χ0n) is 11.4. The normalized spacial score (nSPS) is 19.5. The molecular weight excluding hydrogens is 283 g/mol. The van der Waals surface area contributed by atoms with Gasteiger partial charge in [0.05, 0.1) is 26.2 Å². The molecule has 0 aromatic rings. The van der Waals surface area contributed by atoms with Gasteiger partial charge < -0.3 is 9.04 Å². The molecule has 1 fully saturated rings. The number of likely N-dealkylation sites (tertiary alicyclic amines) is 1. The van der Waals surface area contributed by atoms with Crippen LogP contribution >= 0.6 is 0 Å². The van der Waals surface area contributed by atoms with Gasteiger partial charge in [-0.05, 0) is 32.6 Å². The third kappa shape index (κ3) is 6.58. The lowest BCUT2D eigenvalue weighted by Gasteiger charge is -2.40. The second kappa shape index (κ2) is 7.44. The molecule has 0 aromatic heterocycles. The summed E-state index contributed by atoms with van der Waals surface area (Å²) in [6.07, 6.45) is 5.76. The Kier molecular flexibility index (Phi) is 7.31. The molecule has 19 heavy (non-hydrogen) atoms. The molecule has 0 unspecified atom stereocenters. The number of quaternary nitrogens is 1. The van der Waals surface area contributed by atoms with E-state index in [1.165, 1.54) is 56.3 Å². The molecule has 1 rings (SSSR count). The van der Waals surface area contributed by atoms with Crippen molar-refractivity contribution < 1.29 is 30.6 Å². The molecule has 0 bridgehead atoms. The Hall–Kier alpha value is -0.340. The zero-order valence-corrected chi connectivity index (χ0v) is 12.2. The molecule has 0 N–H and O–H groups in total. The van der Waals surface area contributed by atoms with Crippen LogP contribution in [-0.2, 0) is 10.1 Å². The highest BCUT2D eigenvalue weighted by atomic mass is 32.2. The van der Waals surface area contributed by atoms with Crippen molar-refractivity contribution in [3.05, 3.63) is 0 Å². The Bertz CT molecular complexity index is 343. The van der Waals surface area contributed by atoms with Crippen LogP contribution in [0.5, 0.6) is 0 Å². The van der Waals surface area contributed by atoms with Gasteiger partial charge in [-0.15, -0.1) is 0 Å². The van der Waals surface area contributed by atoms with Crippen molar-refractivity contribution in [3.63, 3.8) is 0 Å². The predicted octanol–water partition coefficient (Wildman–Crippen LogP) is 2.47. The monoisotopic (exact) mass is 305 g/mol. The smallest absolute Gasteiger partial charge is 0.485 e. The molecule has 116 valence electrons. The molecule has 0 atom stereocenters. The Morgan fingerprint density at radius 1 is 1.11 bits per heavy atom. The fourth-order valence-corrected chi connectivity index (χ4v) is 2.36. The highest BCUT2D eigenvalue weighted by Crippen LogP contribution is 2.20. The molecule has 0 aliphatic carbocycles. The third-order valence-corrected chi connectivity index (χ3v) is 3.98. The summed E-state index contributed by atoms with van der Waals surface area (Å²) in [6.45, 7) is 10.3. The Morgan fingerprint density at radius 2 is 1.53 bits per heavy atom. The van der Waals surface area contributed by atoms with E-state index in [1.54, 1.807) is 0 Å². The largest absolute Gasteiger partial charge is 0.741 e. The van der Waals surface area contributed by atoms with Gasteiger partial charge >= 0.3 is 5.51 Å². The molecule has 1 heterocycles. The molecule has 0 aromatic carbocycles. The topological polar surface area (TPSA) is 57.2 Å². The Balaban J connectivity index is 0.000000362. The molecule has 0 saturated carbocycles. The number of hydrogen-bond acceptors (Lipinski definition) is 3. The first kappa shape index (κ1) is 18.7. The zero-order chi connectivity index (χ0) is 15.2. The van der Waals surface area contributed by atoms with Gasteiger partial charge in [-0.3, -0.25) is 0 Å². The standard InChI is InChI=1S/C10H22N.CHF3O3S/c1-3-8-11(4-2)9-6-5-7-10-11;2-1(3,4)8(5,6)7/h3-10H2,1-2H3;(H,5,6,7)/q+1;/p-1. The predicted molar refractivity (Wildman–Crippen MR) is 65.3 cm³/mol. The highest BCUT2D eigenvalue weighted by molar-refractivity contribution is 7.86. The molecule has 1 aliphatic rings. The summed E-state index contributed by atoms with van der Waals surface area (Å²) < 4.78 is 60.3. The van der Waals surface area contributed by atoms with Gasteiger partial charge in [0, 0.05) is 0 Å². The summed E-state index contributed by atoms with van der Waals surface area (Å²) in [5.74, 6) is 0. The van der Waals surface area contributed by atoms with Crippen molar-refractivity contribution >= 4 is 10.1 Å². The molecule has 0 radical (unpaired) electrons. The third-order valence-electron chi connectivity index (χ3n) is 3.42. The van der Waals surface area contributed by atoms with Crippen molar-refractivity contribution in [3.8, 4) is 0 Å². The van der Waals surface area contributed by atoms with Crippen molar-refractivity contribution in [1.82, 2.24) is 0 Å². The molecule has 0 amide bonds. The van der Waals surface area contributed by atoms with Gasteiger partial charge in [-0.1, -0.05) is 6.92 Å². The molecular formula is C11H22F3NO3S. The van der Waals surface area contributed by atoms with Crippen LogP contribution in [-0.4, -0.2) is 49.1 Å². The van der Waals surface area contributed by atoms with Crippen LogP contribution in [0, 0.1) is 0 Å². The van der Waals surface area contributed by atoms with Gasteiger partial charge in [-0.2, -0.15) is 13.2 Å². The molecule has 1 aliphatic heterocycles. The lowest BCUT2D eigenvalue weighted by Crippen LogP contribution is -2.51. The summed E-state index contributed by atoms with van der Waals surface area (Å²) in [7, 11) is -6.09. The fraction of sp³-hybridized carbons (Fsp3) is 1.00. The van der Waals surface area contributed by atoms with Gasteiger partial charge in [0.2, 0.25) is 0 Å². The number of piperidine rings is 1. The van der Waals surface area contributed by atoms with Gasteiger partial charge in [0.1, 0.15) is 0 Å². The summed E-state index contributed by atoms with van der Waals surface area (Å²) in [5.41, 5.74) is -5.65. The lowest BCUT2D eigenvalue weighted by molar-refractivity contribution is -0.930. The van der Waals surface area contributed by atoms with Crippen LogP contribution in [0.15, 0.2) is 0 Å². The number of rotatable bonds is 3. The van der Waals surface area contributed by atoms with Crippen molar-refractivity contribution in [2.45, 2.75) is 45.0 Å². The number of halogens is 3. The van der Waals surface area contributed by atoms with Gasteiger partial charge in [-0.25, -0.2) is 8.42 Å². The van der Waals surface area contributed by atoms with E-state index in [4.69, 9.17) is 13.0 Å². The van der Waals surface area contributed by atoms with E-state index in [0.29, 0.717) is 0 Å². The fourth-order valence-electron chi connectivity index (χ4n) is 2.36. The molecule has 1 saturated heterocycles.